The van der Waals surface area contributed by atoms with Crippen LogP contribution < -0.4 is 33.2 Å². The summed E-state index contributed by atoms with van der Waals surface area (Å²) in [5.41, 5.74) is 19.0. The van der Waals surface area contributed by atoms with Gasteiger partial charge in [-0.15, -0.1) is 0 Å². The lowest BCUT2D eigenvalue weighted by atomic mass is 9.99. The van der Waals surface area contributed by atoms with E-state index in [1.165, 1.54) is 12.8 Å². The molecule has 9 N–H and O–H groups in total. The van der Waals surface area contributed by atoms with Crippen LogP contribution in [0, 0.1) is 5.92 Å². The third-order valence-corrected chi connectivity index (χ3v) is 10.1. The summed E-state index contributed by atoms with van der Waals surface area (Å²) in [6.07, 6.45) is 6.79. The third kappa shape index (κ3) is 13.8. The van der Waals surface area contributed by atoms with E-state index in [9.17, 15) is 19.2 Å². The Bertz CT molecular complexity index is 1470. The van der Waals surface area contributed by atoms with Gasteiger partial charge in [0, 0.05) is 32.1 Å². The summed E-state index contributed by atoms with van der Waals surface area (Å²) in [6.45, 7) is 7.87. The number of carbonyl (C=O) groups is 4. The molecule has 4 atom stereocenters. The maximum Gasteiger partial charge on any atom is 0.245 e. The number of nitrogens with zero attached hydrogens (tertiary/aromatic N) is 3. The SMILES string of the molecule is CC(C)C[C@@H](NC(=O)[C@@H](Cc1ccccc1)NC(=O)[C@H](N)Cc1ccccc1)C(=O)N[C@H](CCCCN=C(N)N)C(=O)N1CCC(N2CCCC2)CC1. The Kier molecular flexibility index (Phi) is 16.6. The Morgan fingerprint density at radius 1 is 0.736 bits per heavy atom. The number of benzene rings is 2. The topological polar surface area (TPSA) is 201 Å². The van der Waals surface area contributed by atoms with Crippen LogP contribution in [0.3, 0.4) is 0 Å². The zero-order chi connectivity index (χ0) is 38.2. The van der Waals surface area contributed by atoms with E-state index in [4.69, 9.17) is 17.2 Å². The van der Waals surface area contributed by atoms with Crippen molar-refractivity contribution in [3.8, 4) is 0 Å². The van der Waals surface area contributed by atoms with Gasteiger partial charge < -0.3 is 43.0 Å². The van der Waals surface area contributed by atoms with Gasteiger partial charge >= 0.3 is 0 Å². The Hall–Kier alpha value is -4.49. The van der Waals surface area contributed by atoms with Gasteiger partial charge in [-0.25, -0.2) is 0 Å². The highest BCUT2D eigenvalue weighted by atomic mass is 16.2. The molecule has 290 valence electrons. The molecule has 13 heteroatoms. The van der Waals surface area contributed by atoms with Gasteiger partial charge in [-0.1, -0.05) is 74.5 Å². The number of nitrogens with one attached hydrogen (secondary N) is 3. The van der Waals surface area contributed by atoms with E-state index in [0.29, 0.717) is 57.8 Å². The molecular weight excluding hydrogens is 670 g/mol. The number of hydrogen-bond donors (Lipinski definition) is 6. The molecule has 53 heavy (non-hydrogen) atoms. The molecule has 0 spiro atoms. The maximum atomic E-state index is 14.1. The minimum atomic E-state index is -0.987. The van der Waals surface area contributed by atoms with E-state index in [1.54, 1.807) is 0 Å². The molecule has 2 heterocycles. The van der Waals surface area contributed by atoms with Crippen LogP contribution in [0.1, 0.15) is 76.3 Å². The molecule has 2 aliphatic heterocycles. The smallest absolute Gasteiger partial charge is 0.245 e. The quantitative estimate of drug-likeness (QED) is 0.0714. The number of carbonyl (C=O) groups excluding carboxylic acids is 4. The van der Waals surface area contributed by atoms with Gasteiger partial charge in [0.05, 0.1) is 6.04 Å². The van der Waals surface area contributed by atoms with Gasteiger partial charge in [0.25, 0.3) is 0 Å². The Labute approximate surface area is 314 Å². The van der Waals surface area contributed by atoms with Crippen molar-refractivity contribution < 1.29 is 19.2 Å². The highest BCUT2D eigenvalue weighted by Gasteiger charge is 2.34. The van der Waals surface area contributed by atoms with Crippen molar-refractivity contribution in [2.24, 2.45) is 28.1 Å². The molecule has 4 amide bonds. The molecule has 2 fully saturated rings. The highest BCUT2D eigenvalue weighted by Crippen LogP contribution is 2.22. The molecule has 0 bridgehead atoms. The molecule has 4 rings (SSSR count). The number of unbranched alkanes of at least 4 members (excludes halogenated alkanes) is 1. The van der Waals surface area contributed by atoms with Gasteiger partial charge in [-0.05, 0) is 87.9 Å². The Morgan fingerprint density at radius 3 is 1.87 bits per heavy atom. The number of guanidine groups is 1. The summed E-state index contributed by atoms with van der Waals surface area (Å²) in [6, 6.07) is 15.7. The zero-order valence-electron chi connectivity index (χ0n) is 31.6. The number of rotatable bonds is 19. The van der Waals surface area contributed by atoms with Crippen molar-refractivity contribution in [1.82, 2.24) is 25.8 Å². The molecule has 2 aromatic rings. The van der Waals surface area contributed by atoms with E-state index >= 15 is 0 Å². The van der Waals surface area contributed by atoms with Gasteiger partial charge in [0.2, 0.25) is 23.6 Å². The van der Waals surface area contributed by atoms with E-state index in [-0.39, 0.29) is 24.2 Å². The summed E-state index contributed by atoms with van der Waals surface area (Å²) < 4.78 is 0. The van der Waals surface area contributed by atoms with Gasteiger partial charge in [0.1, 0.15) is 18.1 Å². The standard InChI is InChI=1S/C40H61N9O4/c1-28(2)25-34(47-38(52)35(27-30-15-7-4-8-16-30)46-36(50)32(41)26-29-13-5-3-6-14-29)37(51)45-33(17-9-10-20-44-40(42)43)39(53)49-23-18-31(19-24-49)48-21-11-12-22-48/h3-8,13-16,28,31-35H,9-12,17-27,41H2,1-2H3,(H,45,51)(H,46,50)(H,47,52)(H4,42,43,44)/t32-,33-,34-,35-/m1/s1. The predicted octanol–water partition coefficient (Wildman–Crippen LogP) is 1.83. The van der Waals surface area contributed by atoms with Gasteiger partial charge in [-0.3, -0.25) is 24.2 Å². The van der Waals surface area contributed by atoms with Crippen LogP contribution in [-0.4, -0.2) is 102 Å². The van der Waals surface area contributed by atoms with Crippen LogP contribution in [0.5, 0.6) is 0 Å². The van der Waals surface area contributed by atoms with Crippen molar-refractivity contribution in [1.29, 1.82) is 0 Å². The molecular formula is C40H61N9O4. The average molecular weight is 732 g/mol. The lowest BCUT2D eigenvalue weighted by Gasteiger charge is -2.38. The second kappa shape index (κ2) is 21.3. The average Bonchev–Trinajstić information content (AvgIpc) is 3.69. The lowest BCUT2D eigenvalue weighted by Crippen LogP contribution is -2.59. The van der Waals surface area contributed by atoms with E-state index < -0.39 is 41.9 Å². The first kappa shape index (κ1) is 41.3. The summed E-state index contributed by atoms with van der Waals surface area (Å²) in [5, 5.41) is 8.80. The zero-order valence-corrected chi connectivity index (χ0v) is 31.6. The molecule has 0 aliphatic carbocycles. The predicted molar refractivity (Wildman–Crippen MR) is 208 cm³/mol. The third-order valence-electron chi connectivity index (χ3n) is 10.1. The van der Waals surface area contributed by atoms with Crippen molar-refractivity contribution in [2.45, 2.75) is 108 Å². The summed E-state index contributed by atoms with van der Waals surface area (Å²) in [7, 11) is 0. The number of amides is 4. The first-order valence-corrected chi connectivity index (χ1v) is 19.3. The second-order valence-electron chi connectivity index (χ2n) is 14.9. The van der Waals surface area contributed by atoms with Crippen LogP contribution >= 0.6 is 0 Å². The fourth-order valence-electron chi connectivity index (χ4n) is 7.25. The Balaban J connectivity index is 1.46. The molecule has 2 saturated heterocycles. The minimum absolute atomic E-state index is 0.0130. The van der Waals surface area contributed by atoms with Crippen LogP contribution in [0.25, 0.3) is 0 Å². The fraction of sp³-hybridized carbons (Fsp3) is 0.575. The molecule has 0 radical (unpaired) electrons. The van der Waals surface area contributed by atoms with Crippen molar-refractivity contribution in [3.05, 3.63) is 71.8 Å². The minimum Gasteiger partial charge on any atom is -0.370 e. The lowest BCUT2D eigenvalue weighted by molar-refractivity contribution is -0.139. The fourth-order valence-corrected chi connectivity index (χ4v) is 7.25. The van der Waals surface area contributed by atoms with Crippen LogP contribution in [-0.2, 0) is 32.0 Å². The van der Waals surface area contributed by atoms with E-state index in [2.05, 4.69) is 25.8 Å². The molecule has 2 aromatic carbocycles. The second-order valence-corrected chi connectivity index (χ2v) is 14.9. The van der Waals surface area contributed by atoms with Gasteiger partial charge in [0.15, 0.2) is 5.96 Å². The molecule has 13 nitrogen and oxygen atoms in total. The molecule has 0 unspecified atom stereocenters. The number of hydrogen-bond acceptors (Lipinski definition) is 7. The first-order chi connectivity index (χ1) is 25.5. The van der Waals surface area contributed by atoms with Crippen LogP contribution in [0.2, 0.25) is 0 Å². The molecule has 2 aliphatic rings. The summed E-state index contributed by atoms with van der Waals surface area (Å²) in [5.74, 6) is -1.46. The number of likely N-dealkylation sites (tertiary alicyclic amines) is 2. The van der Waals surface area contributed by atoms with Gasteiger partial charge in [-0.2, -0.15) is 0 Å². The Morgan fingerprint density at radius 2 is 1.28 bits per heavy atom. The first-order valence-electron chi connectivity index (χ1n) is 19.3. The van der Waals surface area contributed by atoms with E-state index in [1.807, 2.05) is 79.4 Å². The van der Waals surface area contributed by atoms with Crippen LogP contribution in [0.4, 0.5) is 0 Å². The monoisotopic (exact) mass is 731 g/mol. The largest absolute Gasteiger partial charge is 0.370 e. The number of nitrogens with two attached hydrogens (primary N) is 3. The summed E-state index contributed by atoms with van der Waals surface area (Å²) >= 11 is 0. The normalized spacial score (nSPS) is 17.4. The van der Waals surface area contributed by atoms with Crippen LogP contribution in [0.15, 0.2) is 65.7 Å². The van der Waals surface area contributed by atoms with E-state index in [0.717, 1.165) is 37.1 Å². The highest BCUT2D eigenvalue weighted by molar-refractivity contribution is 5.95. The number of aliphatic imine (C=N–C) groups is 1. The molecule has 0 aromatic heterocycles. The maximum absolute atomic E-state index is 14.1. The van der Waals surface area contributed by atoms with Crippen molar-refractivity contribution in [2.75, 3.05) is 32.7 Å². The summed E-state index contributed by atoms with van der Waals surface area (Å²) in [4.78, 5) is 63.9. The molecule has 0 saturated carbocycles. The number of piperidine rings is 1. The van der Waals surface area contributed by atoms with Crippen molar-refractivity contribution in [3.63, 3.8) is 0 Å². The van der Waals surface area contributed by atoms with Crippen molar-refractivity contribution >= 4 is 29.6 Å².